The number of para-hydroxylation sites is 1. The Morgan fingerprint density at radius 2 is 1.85 bits per heavy atom. The molecule has 0 aliphatic rings. The number of hydrogen-bond acceptors (Lipinski definition) is 5. The summed E-state index contributed by atoms with van der Waals surface area (Å²) in [7, 11) is 0. The van der Waals surface area contributed by atoms with E-state index in [1.807, 2.05) is 6.92 Å². The van der Waals surface area contributed by atoms with Gasteiger partial charge in [0.2, 0.25) is 0 Å². The van der Waals surface area contributed by atoms with E-state index in [2.05, 4.69) is 25.8 Å². The van der Waals surface area contributed by atoms with Gasteiger partial charge in [-0.15, -0.1) is 0 Å². The van der Waals surface area contributed by atoms with E-state index in [1.165, 1.54) is 24.4 Å². The first-order valence-electron chi connectivity index (χ1n) is 8.98. The van der Waals surface area contributed by atoms with E-state index in [9.17, 15) is 20.1 Å². The summed E-state index contributed by atoms with van der Waals surface area (Å²) >= 11 is 0. The number of carbonyl (C=O) groups excluding carboxylic acids is 1. The Kier molecular flexibility index (Phi) is 6.26. The molecule has 0 amide bonds. The Morgan fingerprint density at radius 1 is 1.15 bits per heavy atom. The summed E-state index contributed by atoms with van der Waals surface area (Å²) in [6.07, 6.45) is 2.60. The number of hydrogen-bond donors (Lipinski definition) is 3. The molecule has 5 nitrogen and oxygen atoms in total. The van der Waals surface area contributed by atoms with Crippen molar-refractivity contribution in [3.63, 3.8) is 0 Å². The van der Waals surface area contributed by atoms with Crippen molar-refractivity contribution in [1.82, 2.24) is 0 Å². The highest BCUT2D eigenvalue weighted by atomic mass is 16.3. The number of aliphatic imine (C=N–C) groups is 1. The minimum absolute atomic E-state index is 0.00441. The number of aromatic hydroxyl groups is 3. The van der Waals surface area contributed by atoms with Gasteiger partial charge in [-0.2, -0.15) is 0 Å². The van der Waals surface area contributed by atoms with Crippen LogP contribution < -0.4 is 0 Å². The van der Waals surface area contributed by atoms with E-state index in [0.29, 0.717) is 12.0 Å². The lowest BCUT2D eigenvalue weighted by molar-refractivity contribution is 0.0951. The Hall–Kier alpha value is -2.82. The molecule has 0 saturated heterocycles. The average Bonchev–Trinajstić information content (AvgIpc) is 2.54. The molecule has 2 rings (SSSR count). The highest BCUT2D eigenvalue weighted by Gasteiger charge is 2.20. The molecule has 3 N–H and O–H groups in total. The average molecular weight is 369 g/mol. The topological polar surface area (TPSA) is 90.1 Å². The second kappa shape index (κ2) is 8.25. The number of phenols is 3. The maximum atomic E-state index is 12.6. The van der Waals surface area contributed by atoms with Crippen molar-refractivity contribution in [1.29, 1.82) is 0 Å². The van der Waals surface area contributed by atoms with E-state index in [-0.39, 0.29) is 45.6 Å². The van der Waals surface area contributed by atoms with Crippen LogP contribution in [0.1, 0.15) is 56.5 Å². The van der Waals surface area contributed by atoms with Crippen LogP contribution in [0.25, 0.3) is 0 Å². The maximum Gasteiger partial charge on any atom is 0.166 e. The van der Waals surface area contributed by atoms with Crippen molar-refractivity contribution in [2.75, 3.05) is 0 Å². The van der Waals surface area contributed by atoms with Gasteiger partial charge >= 0.3 is 0 Å². The van der Waals surface area contributed by atoms with Crippen molar-refractivity contribution >= 4 is 17.7 Å². The molecule has 1 atom stereocenters. The lowest BCUT2D eigenvalue weighted by Crippen LogP contribution is -2.14. The van der Waals surface area contributed by atoms with Crippen molar-refractivity contribution < 1.29 is 20.1 Å². The number of ketones is 1. The quantitative estimate of drug-likeness (QED) is 0.371. The van der Waals surface area contributed by atoms with Gasteiger partial charge in [0.05, 0.1) is 5.56 Å². The molecular formula is C22H27NO4. The smallest absolute Gasteiger partial charge is 0.166 e. The molecule has 0 aliphatic heterocycles. The van der Waals surface area contributed by atoms with Gasteiger partial charge in [0.1, 0.15) is 17.2 Å². The summed E-state index contributed by atoms with van der Waals surface area (Å²) < 4.78 is 0. The Balaban J connectivity index is 2.21. The van der Waals surface area contributed by atoms with Crippen molar-refractivity contribution in [3.8, 4) is 17.2 Å². The van der Waals surface area contributed by atoms with Crippen LogP contribution >= 0.6 is 0 Å². The van der Waals surface area contributed by atoms with Crippen LogP contribution in [0.15, 0.2) is 41.4 Å². The molecule has 144 valence electrons. The van der Waals surface area contributed by atoms with E-state index >= 15 is 0 Å². The second-order valence-electron chi connectivity index (χ2n) is 8.17. The Morgan fingerprint density at radius 3 is 2.52 bits per heavy atom. The number of phenolic OH excluding ortho intramolecular Hbond substituents is 3. The summed E-state index contributed by atoms with van der Waals surface area (Å²) in [6.45, 7) is 8.44. The fourth-order valence-electron chi connectivity index (χ4n) is 3.19. The van der Waals surface area contributed by atoms with E-state index < -0.39 is 0 Å². The van der Waals surface area contributed by atoms with Crippen molar-refractivity contribution in [2.24, 2.45) is 16.3 Å². The lowest BCUT2D eigenvalue weighted by atomic mass is 9.83. The zero-order valence-electron chi connectivity index (χ0n) is 16.2. The highest BCUT2D eigenvalue weighted by molar-refractivity contribution is 6.00. The molecule has 0 heterocycles. The van der Waals surface area contributed by atoms with Crippen LogP contribution in [0.2, 0.25) is 0 Å². The first kappa shape index (κ1) is 20.5. The van der Waals surface area contributed by atoms with Gasteiger partial charge in [-0.3, -0.25) is 9.79 Å². The van der Waals surface area contributed by atoms with Crippen molar-refractivity contribution in [2.45, 2.75) is 40.5 Å². The van der Waals surface area contributed by atoms with Crippen LogP contribution in [0.3, 0.4) is 0 Å². The monoisotopic (exact) mass is 369 g/mol. The first-order valence-corrected chi connectivity index (χ1v) is 8.98. The van der Waals surface area contributed by atoms with Gasteiger partial charge in [-0.25, -0.2) is 0 Å². The minimum Gasteiger partial charge on any atom is -0.508 e. The molecule has 5 heteroatoms. The molecular weight excluding hydrogens is 342 g/mol. The largest absolute Gasteiger partial charge is 0.508 e. The van der Waals surface area contributed by atoms with Crippen LogP contribution in [0.5, 0.6) is 17.2 Å². The van der Waals surface area contributed by atoms with Gasteiger partial charge in [0.15, 0.2) is 11.5 Å². The third-order valence-corrected chi connectivity index (χ3v) is 4.16. The van der Waals surface area contributed by atoms with E-state index in [1.54, 1.807) is 18.2 Å². The second-order valence-corrected chi connectivity index (χ2v) is 8.17. The number of carbonyl (C=O) groups is 1. The van der Waals surface area contributed by atoms with Crippen LogP contribution in [-0.4, -0.2) is 27.3 Å². The summed E-state index contributed by atoms with van der Waals surface area (Å²) in [6, 6.07) is 8.91. The molecule has 2 aromatic carbocycles. The van der Waals surface area contributed by atoms with Crippen LogP contribution in [-0.2, 0) is 0 Å². The number of nitrogens with zero attached hydrogens (tertiary/aromatic N) is 1. The fourth-order valence-corrected chi connectivity index (χ4v) is 3.19. The molecule has 0 aliphatic carbocycles. The molecule has 0 saturated carbocycles. The van der Waals surface area contributed by atoms with Gasteiger partial charge in [-0.05, 0) is 48.1 Å². The van der Waals surface area contributed by atoms with Gasteiger partial charge in [0, 0.05) is 18.2 Å². The third-order valence-electron chi connectivity index (χ3n) is 4.16. The van der Waals surface area contributed by atoms with Gasteiger partial charge in [-0.1, -0.05) is 33.8 Å². The minimum atomic E-state index is -0.179. The highest BCUT2D eigenvalue weighted by Crippen LogP contribution is 2.33. The van der Waals surface area contributed by atoms with E-state index in [4.69, 9.17) is 0 Å². The van der Waals surface area contributed by atoms with E-state index in [0.717, 1.165) is 6.42 Å². The van der Waals surface area contributed by atoms with Crippen LogP contribution in [0, 0.1) is 11.3 Å². The molecule has 27 heavy (non-hydrogen) atoms. The lowest BCUT2D eigenvalue weighted by Gasteiger charge is -2.22. The van der Waals surface area contributed by atoms with Crippen LogP contribution in [0.4, 0.5) is 5.69 Å². The summed E-state index contributed by atoms with van der Waals surface area (Å²) in [5, 5.41) is 29.8. The third kappa shape index (κ3) is 5.84. The molecule has 0 fully saturated rings. The maximum absolute atomic E-state index is 12.6. The number of Topliss-reactive ketones (excluding diaryl/α,β-unsaturated/α-hetero) is 1. The predicted molar refractivity (Wildman–Crippen MR) is 107 cm³/mol. The fraction of sp³-hybridized carbons (Fsp3) is 0.364. The first-order chi connectivity index (χ1) is 12.6. The zero-order chi connectivity index (χ0) is 20.2. The standard InChI is InChI=1S/C22H27NO4/c1-14(12-22(2,3)4)10-20(26)17-6-5-7-18(21(17)27)23-13-15-11-16(24)8-9-19(15)25/h5-9,11,13-14,24-25,27H,10,12H2,1-4H3. The molecule has 1 unspecified atom stereocenters. The summed E-state index contributed by atoms with van der Waals surface area (Å²) in [4.78, 5) is 16.8. The molecule has 0 spiro atoms. The zero-order valence-corrected chi connectivity index (χ0v) is 16.2. The Labute approximate surface area is 160 Å². The van der Waals surface area contributed by atoms with Gasteiger partial charge < -0.3 is 15.3 Å². The van der Waals surface area contributed by atoms with Crippen molar-refractivity contribution in [3.05, 3.63) is 47.5 Å². The number of rotatable bonds is 6. The summed E-state index contributed by atoms with van der Waals surface area (Å²) in [5.74, 6) is -0.148. The predicted octanol–water partition coefficient (Wildman–Crippen LogP) is 5.20. The molecule has 0 aromatic heterocycles. The SMILES string of the molecule is CC(CC(=O)c1cccc(N=Cc2cc(O)ccc2O)c1O)CC(C)(C)C. The summed E-state index contributed by atoms with van der Waals surface area (Å²) in [5.41, 5.74) is 0.916. The molecule has 0 radical (unpaired) electrons. The van der Waals surface area contributed by atoms with Gasteiger partial charge in [0.25, 0.3) is 0 Å². The normalized spacial score (nSPS) is 13.0. The molecule has 0 bridgehead atoms. The molecule has 2 aromatic rings. The number of benzene rings is 2. The Bertz CT molecular complexity index is 850.